The van der Waals surface area contributed by atoms with Gasteiger partial charge in [0.1, 0.15) is 5.75 Å². The van der Waals surface area contributed by atoms with E-state index >= 15 is 0 Å². The third-order valence-electron chi connectivity index (χ3n) is 6.39. The van der Waals surface area contributed by atoms with Crippen LogP contribution in [0.2, 0.25) is 0 Å². The summed E-state index contributed by atoms with van der Waals surface area (Å²) in [5.41, 5.74) is 2.09. The summed E-state index contributed by atoms with van der Waals surface area (Å²) in [5, 5.41) is 0. The van der Waals surface area contributed by atoms with E-state index in [1.54, 1.807) is 13.2 Å². The number of hydrogen-bond donors (Lipinski definition) is 0. The number of amides is 2. The minimum atomic E-state index is 0.00923. The highest BCUT2D eigenvalue weighted by Crippen LogP contribution is 2.29. The molecule has 0 radical (unpaired) electrons. The quantitative estimate of drug-likeness (QED) is 0.679. The Bertz CT molecular complexity index is 944. The fourth-order valence-corrected chi connectivity index (χ4v) is 4.50. The number of carbonyl (C=O) groups is 2. The van der Waals surface area contributed by atoms with Crippen LogP contribution in [0.15, 0.2) is 60.7 Å². The molecule has 32 heavy (non-hydrogen) atoms. The first kappa shape index (κ1) is 21.9. The Kier molecular flexibility index (Phi) is 7.10. The van der Waals surface area contributed by atoms with Gasteiger partial charge in [-0.3, -0.25) is 9.59 Å². The van der Waals surface area contributed by atoms with Gasteiger partial charge in [-0.1, -0.05) is 42.5 Å². The molecule has 168 valence electrons. The monoisotopic (exact) mass is 433 g/mol. The van der Waals surface area contributed by atoms with E-state index in [1.165, 1.54) is 0 Å². The van der Waals surface area contributed by atoms with Crippen molar-refractivity contribution >= 4 is 23.6 Å². The number of piperazine rings is 1. The van der Waals surface area contributed by atoms with Crippen LogP contribution in [-0.2, 0) is 9.59 Å². The molecule has 0 bridgehead atoms. The van der Waals surface area contributed by atoms with Gasteiger partial charge in [-0.15, -0.1) is 0 Å². The summed E-state index contributed by atoms with van der Waals surface area (Å²) in [7, 11) is 1.69. The number of rotatable bonds is 5. The van der Waals surface area contributed by atoms with Gasteiger partial charge in [-0.2, -0.15) is 0 Å². The lowest BCUT2D eigenvalue weighted by Gasteiger charge is -2.39. The summed E-state index contributed by atoms with van der Waals surface area (Å²) < 4.78 is 5.48. The number of benzene rings is 2. The van der Waals surface area contributed by atoms with Crippen molar-refractivity contribution in [3.8, 4) is 5.75 Å². The molecule has 2 amide bonds. The third-order valence-corrected chi connectivity index (χ3v) is 6.39. The molecule has 2 aliphatic heterocycles. The summed E-state index contributed by atoms with van der Waals surface area (Å²) in [6.45, 7) is 4.30. The molecule has 2 aliphatic rings. The minimum Gasteiger partial charge on any atom is -0.495 e. The molecule has 0 spiro atoms. The summed E-state index contributed by atoms with van der Waals surface area (Å²) in [5.74, 6) is 1.13. The molecule has 0 aromatic heterocycles. The van der Waals surface area contributed by atoms with Crippen LogP contribution in [0.25, 0.3) is 6.08 Å². The first-order valence-corrected chi connectivity index (χ1v) is 11.3. The highest BCUT2D eigenvalue weighted by molar-refractivity contribution is 5.92. The van der Waals surface area contributed by atoms with Crippen molar-refractivity contribution < 1.29 is 14.3 Å². The molecule has 2 aromatic carbocycles. The molecule has 2 aromatic rings. The number of piperidine rings is 1. The van der Waals surface area contributed by atoms with Gasteiger partial charge in [-0.25, -0.2) is 0 Å². The lowest BCUT2D eigenvalue weighted by molar-refractivity contribution is -0.139. The largest absolute Gasteiger partial charge is 0.495 e. The number of carbonyl (C=O) groups excluding carboxylic acids is 2. The highest BCUT2D eigenvalue weighted by atomic mass is 16.5. The summed E-state index contributed by atoms with van der Waals surface area (Å²) in [6.07, 6.45) is 4.95. The molecule has 0 atom stereocenters. The maximum Gasteiger partial charge on any atom is 0.246 e. The smallest absolute Gasteiger partial charge is 0.246 e. The predicted molar refractivity (Wildman–Crippen MR) is 127 cm³/mol. The van der Waals surface area contributed by atoms with Crippen molar-refractivity contribution in [1.82, 2.24) is 9.80 Å². The second kappa shape index (κ2) is 10.4. The maximum atomic E-state index is 13.1. The lowest BCUT2D eigenvalue weighted by Crippen LogP contribution is -2.52. The molecule has 2 saturated heterocycles. The molecule has 0 unspecified atom stereocenters. The van der Waals surface area contributed by atoms with Gasteiger partial charge in [0.2, 0.25) is 11.8 Å². The second-order valence-corrected chi connectivity index (χ2v) is 8.33. The van der Waals surface area contributed by atoms with E-state index in [0.29, 0.717) is 13.1 Å². The zero-order chi connectivity index (χ0) is 22.3. The first-order chi connectivity index (χ1) is 15.7. The van der Waals surface area contributed by atoms with E-state index in [0.717, 1.165) is 56.0 Å². The molecule has 6 nitrogen and oxygen atoms in total. The van der Waals surface area contributed by atoms with Crippen LogP contribution in [0.4, 0.5) is 5.69 Å². The van der Waals surface area contributed by atoms with E-state index in [9.17, 15) is 9.59 Å². The molecule has 4 rings (SSSR count). The zero-order valence-corrected chi connectivity index (χ0v) is 18.7. The van der Waals surface area contributed by atoms with E-state index in [2.05, 4.69) is 11.0 Å². The Morgan fingerprint density at radius 1 is 0.844 bits per heavy atom. The van der Waals surface area contributed by atoms with Gasteiger partial charge < -0.3 is 19.4 Å². The van der Waals surface area contributed by atoms with Crippen molar-refractivity contribution in [1.29, 1.82) is 0 Å². The molecule has 0 saturated carbocycles. The topological polar surface area (TPSA) is 53.1 Å². The molecular weight excluding hydrogens is 402 g/mol. The Balaban J connectivity index is 1.25. The molecule has 2 heterocycles. The third kappa shape index (κ3) is 5.13. The summed E-state index contributed by atoms with van der Waals surface area (Å²) >= 11 is 0. The molecule has 2 fully saturated rings. The van der Waals surface area contributed by atoms with Crippen LogP contribution in [0.5, 0.6) is 5.75 Å². The number of anilines is 1. The van der Waals surface area contributed by atoms with Crippen LogP contribution in [0.1, 0.15) is 18.4 Å². The predicted octanol–water partition coefficient (Wildman–Crippen LogP) is 3.30. The number of methoxy groups -OCH3 is 1. The van der Waals surface area contributed by atoms with Gasteiger partial charge in [0.15, 0.2) is 0 Å². The molecule has 6 heteroatoms. The van der Waals surface area contributed by atoms with Gasteiger partial charge in [0, 0.05) is 51.3 Å². The number of nitrogens with zero attached hydrogens (tertiary/aromatic N) is 3. The van der Waals surface area contributed by atoms with Crippen molar-refractivity contribution in [2.24, 2.45) is 5.92 Å². The van der Waals surface area contributed by atoms with Crippen molar-refractivity contribution in [2.75, 3.05) is 51.3 Å². The minimum absolute atomic E-state index is 0.00923. The van der Waals surface area contributed by atoms with Crippen molar-refractivity contribution in [2.45, 2.75) is 12.8 Å². The standard InChI is InChI=1S/C26H31N3O3/c1-32-24-10-6-5-9-23(24)27-17-19-29(20-18-27)26(31)22-13-15-28(16-14-22)25(30)12-11-21-7-3-2-4-8-21/h2-12,22H,13-20H2,1H3. The van der Waals surface area contributed by atoms with E-state index in [-0.39, 0.29) is 17.7 Å². The first-order valence-electron chi connectivity index (χ1n) is 11.3. The van der Waals surface area contributed by atoms with Crippen LogP contribution in [0, 0.1) is 5.92 Å². The van der Waals surface area contributed by atoms with Crippen molar-refractivity contribution in [3.05, 3.63) is 66.2 Å². The van der Waals surface area contributed by atoms with E-state index in [4.69, 9.17) is 4.74 Å². The second-order valence-electron chi connectivity index (χ2n) is 8.33. The molecule has 0 N–H and O–H groups in total. The number of hydrogen-bond acceptors (Lipinski definition) is 4. The molecular formula is C26H31N3O3. The van der Waals surface area contributed by atoms with Crippen molar-refractivity contribution in [3.63, 3.8) is 0 Å². The van der Waals surface area contributed by atoms with Crippen LogP contribution < -0.4 is 9.64 Å². The normalized spacial score (nSPS) is 17.6. The zero-order valence-electron chi connectivity index (χ0n) is 18.7. The van der Waals surface area contributed by atoms with Crippen LogP contribution in [-0.4, -0.2) is 68.0 Å². The average molecular weight is 434 g/mol. The lowest BCUT2D eigenvalue weighted by atomic mass is 9.94. The van der Waals surface area contributed by atoms with Gasteiger partial charge in [-0.05, 0) is 36.6 Å². The number of para-hydroxylation sites is 2. The Morgan fingerprint density at radius 3 is 2.19 bits per heavy atom. The average Bonchev–Trinajstić information content (AvgIpc) is 2.87. The Labute approximate surface area is 190 Å². The van der Waals surface area contributed by atoms with E-state index < -0.39 is 0 Å². The van der Waals surface area contributed by atoms with Crippen LogP contribution >= 0.6 is 0 Å². The fraction of sp³-hybridized carbons (Fsp3) is 0.385. The van der Waals surface area contributed by atoms with Gasteiger partial charge in [0.25, 0.3) is 0 Å². The summed E-state index contributed by atoms with van der Waals surface area (Å²) in [4.78, 5) is 31.7. The molecule has 0 aliphatic carbocycles. The number of ether oxygens (including phenoxy) is 1. The Morgan fingerprint density at radius 2 is 1.50 bits per heavy atom. The van der Waals surface area contributed by atoms with Gasteiger partial charge >= 0.3 is 0 Å². The SMILES string of the molecule is COc1ccccc1N1CCN(C(=O)C2CCN(C(=O)C=Cc3ccccc3)CC2)CC1. The fourth-order valence-electron chi connectivity index (χ4n) is 4.50. The maximum absolute atomic E-state index is 13.1. The number of likely N-dealkylation sites (tertiary alicyclic amines) is 1. The van der Waals surface area contributed by atoms with Gasteiger partial charge in [0.05, 0.1) is 12.8 Å². The van der Waals surface area contributed by atoms with E-state index in [1.807, 2.05) is 64.4 Å². The highest BCUT2D eigenvalue weighted by Gasteiger charge is 2.31. The Hall–Kier alpha value is -3.28. The van der Waals surface area contributed by atoms with Crippen LogP contribution in [0.3, 0.4) is 0 Å². The summed E-state index contributed by atoms with van der Waals surface area (Å²) in [6, 6.07) is 17.8.